The maximum atomic E-state index is 5.13. The van der Waals surface area contributed by atoms with Gasteiger partial charge in [-0.25, -0.2) is 0 Å². The summed E-state index contributed by atoms with van der Waals surface area (Å²) in [5.41, 5.74) is 3.68. The van der Waals surface area contributed by atoms with E-state index in [1.807, 2.05) is 31.2 Å². The monoisotopic (exact) mass is 281 g/mol. The van der Waals surface area contributed by atoms with Crippen molar-refractivity contribution in [2.45, 2.75) is 13.0 Å². The minimum absolute atomic E-state index is 0.136. The first-order chi connectivity index (χ1) is 9.15. The van der Waals surface area contributed by atoms with Crippen LogP contribution >= 0.6 is 12.2 Å². The molecular formula is C13H19N3O2S. The molecule has 2 N–H and O–H groups in total. The molecule has 0 radical (unpaired) electrons. The fourth-order valence-electron chi connectivity index (χ4n) is 1.43. The van der Waals surface area contributed by atoms with Crippen molar-refractivity contribution < 1.29 is 9.47 Å². The van der Waals surface area contributed by atoms with E-state index in [2.05, 4.69) is 15.8 Å². The van der Waals surface area contributed by atoms with Crippen LogP contribution in [0, 0.1) is 0 Å². The first-order valence-electron chi connectivity index (χ1n) is 5.88. The molecule has 0 unspecified atom stereocenters. The summed E-state index contributed by atoms with van der Waals surface area (Å²) in [6.07, 6.45) is 1.68. The van der Waals surface area contributed by atoms with E-state index in [0.29, 0.717) is 11.7 Å². The van der Waals surface area contributed by atoms with E-state index in [1.165, 1.54) is 0 Å². The van der Waals surface area contributed by atoms with Crippen LogP contribution in [0.4, 0.5) is 0 Å². The highest BCUT2D eigenvalue weighted by Gasteiger charge is 2.01. The van der Waals surface area contributed by atoms with E-state index in [4.69, 9.17) is 21.7 Å². The van der Waals surface area contributed by atoms with Crippen molar-refractivity contribution in [3.05, 3.63) is 29.8 Å². The third-order valence-corrected chi connectivity index (χ3v) is 2.48. The molecule has 0 heterocycles. The SMILES string of the molecule is COC[C@@H](C)NC(=S)N/N=C\c1cccc(OC)c1. The number of ether oxygens (including phenoxy) is 2. The van der Waals surface area contributed by atoms with Gasteiger partial charge in [-0.2, -0.15) is 5.10 Å². The molecule has 0 saturated heterocycles. The number of hydrogen-bond donors (Lipinski definition) is 2. The molecule has 19 heavy (non-hydrogen) atoms. The second kappa shape index (κ2) is 8.44. The maximum absolute atomic E-state index is 5.13. The lowest BCUT2D eigenvalue weighted by atomic mass is 10.2. The first-order valence-corrected chi connectivity index (χ1v) is 6.29. The van der Waals surface area contributed by atoms with Gasteiger partial charge >= 0.3 is 0 Å². The number of hydrazone groups is 1. The molecule has 0 fully saturated rings. The zero-order valence-electron chi connectivity index (χ0n) is 11.3. The van der Waals surface area contributed by atoms with Gasteiger partial charge < -0.3 is 14.8 Å². The highest BCUT2D eigenvalue weighted by atomic mass is 32.1. The van der Waals surface area contributed by atoms with E-state index in [0.717, 1.165) is 11.3 Å². The molecule has 1 atom stereocenters. The molecule has 0 spiro atoms. The minimum atomic E-state index is 0.136. The number of nitrogens with zero attached hydrogens (tertiary/aromatic N) is 1. The first kappa shape index (κ1) is 15.4. The Bertz CT molecular complexity index is 438. The van der Waals surface area contributed by atoms with Gasteiger partial charge in [0.25, 0.3) is 0 Å². The maximum Gasteiger partial charge on any atom is 0.187 e. The molecule has 0 aliphatic heterocycles. The molecule has 6 heteroatoms. The number of methoxy groups -OCH3 is 2. The van der Waals surface area contributed by atoms with Crippen LogP contribution in [-0.4, -0.2) is 38.2 Å². The molecule has 0 aliphatic carbocycles. The van der Waals surface area contributed by atoms with Crippen LogP contribution in [0.25, 0.3) is 0 Å². The van der Waals surface area contributed by atoms with Gasteiger partial charge in [0.15, 0.2) is 5.11 Å². The van der Waals surface area contributed by atoms with Gasteiger partial charge in [-0.15, -0.1) is 0 Å². The number of nitrogens with one attached hydrogen (secondary N) is 2. The molecule has 0 aromatic heterocycles. The van der Waals surface area contributed by atoms with Crippen LogP contribution < -0.4 is 15.5 Å². The lowest BCUT2D eigenvalue weighted by Gasteiger charge is -2.13. The van der Waals surface area contributed by atoms with E-state index in [1.54, 1.807) is 20.4 Å². The smallest absolute Gasteiger partial charge is 0.187 e. The normalized spacial score (nSPS) is 12.2. The molecule has 5 nitrogen and oxygen atoms in total. The molecule has 0 bridgehead atoms. The Morgan fingerprint density at radius 1 is 1.47 bits per heavy atom. The largest absolute Gasteiger partial charge is 0.497 e. The van der Waals surface area contributed by atoms with Gasteiger partial charge in [0.1, 0.15) is 5.75 Å². The number of hydrogen-bond acceptors (Lipinski definition) is 4. The number of benzene rings is 1. The Hall–Kier alpha value is -1.66. The fraction of sp³-hybridized carbons (Fsp3) is 0.385. The average Bonchev–Trinajstić information content (AvgIpc) is 2.39. The molecule has 0 amide bonds. The molecule has 1 aromatic carbocycles. The highest BCUT2D eigenvalue weighted by molar-refractivity contribution is 7.80. The van der Waals surface area contributed by atoms with Crippen molar-refractivity contribution >= 4 is 23.5 Å². The predicted octanol–water partition coefficient (Wildman–Crippen LogP) is 1.53. The van der Waals surface area contributed by atoms with Crippen LogP contribution in [0.5, 0.6) is 5.75 Å². The van der Waals surface area contributed by atoms with Crippen LogP contribution in [0.15, 0.2) is 29.4 Å². The zero-order valence-corrected chi connectivity index (χ0v) is 12.2. The highest BCUT2D eigenvalue weighted by Crippen LogP contribution is 2.10. The van der Waals surface area contributed by atoms with Crippen LogP contribution in [0.3, 0.4) is 0 Å². The molecule has 104 valence electrons. The Labute approximate surface area is 119 Å². The van der Waals surface area contributed by atoms with Gasteiger partial charge in [0.05, 0.1) is 19.9 Å². The van der Waals surface area contributed by atoms with Crippen LogP contribution in [0.2, 0.25) is 0 Å². The van der Waals surface area contributed by atoms with Gasteiger partial charge in [0.2, 0.25) is 0 Å². The summed E-state index contributed by atoms with van der Waals surface area (Å²) < 4.78 is 10.1. The van der Waals surface area contributed by atoms with Crippen molar-refractivity contribution in [2.24, 2.45) is 5.10 Å². The summed E-state index contributed by atoms with van der Waals surface area (Å²) in [5.74, 6) is 0.790. The van der Waals surface area contributed by atoms with Gasteiger partial charge in [-0.1, -0.05) is 12.1 Å². The van der Waals surface area contributed by atoms with E-state index < -0.39 is 0 Å². The molecule has 1 rings (SSSR count). The lowest BCUT2D eigenvalue weighted by Crippen LogP contribution is -2.40. The molecule has 0 saturated carbocycles. The second-order valence-electron chi connectivity index (χ2n) is 3.98. The second-order valence-corrected chi connectivity index (χ2v) is 4.38. The summed E-state index contributed by atoms with van der Waals surface area (Å²) in [7, 11) is 3.28. The van der Waals surface area contributed by atoms with Gasteiger partial charge in [-0.05, 0) is 36.8 Å². The standard InChI is InChI=1S/C13H19N3O2S/c1-10(9-17-2)15-13(19)16-14-8-11-5-4-6-12(7-11)18-3/h4-8,10H,9H2,1-3H3,(H2,15,16,19)/b14-8-/t10-/m1/s1. The van der Waals surface area contributed by atoms with E-state index in [-0.39, 0.29) is 6.04 Å². The zero-order chi connectivity index (χ0) is 14.1. The summed E-state index contributed by atoms with van der Waals surface area (Å²) in [5, 5.41) is 7.56. The van der Waals surface area contributed by atoms with Crippen molar-refractivity contribution in [1.29, 1.82) is 0 Å². The average molecular weight is 281 g/mol. The van der Waals surface area contributed by atoms with Crippen molar-refractivity contribution in [3.63, 3.8) is 0 Å². The van der Waals surface area contributed by atoms with Crippen molar-refractivity contribution in [1.82, 2.24) is 10.7 Å². The molecular weight excluding hydrogens is 262 g/mol. The topological polar surface area (TPSA) is 54.9 Å². The quantitative estimate of drug-likeness (QED) is 0.470. The fourth-order valence-corrected chi connectivity index (χ4v) is 1.69. The summed E-state index contributed by atoms with van der Waals surface area (Å²) >= 11 is 5.09. The predicted molar refractivity (Wildman–Crippen MR) is 80.8 cm³/mol. The molecule has 1 aromatic rings. The Morgan fingerprint density at radius 3 is 2.95 bits per heavy atom. The minimum Gasteiger partial charge on any atom is -0.497 e. The van der Waals surface area contributed by atoms with E-state index >= 15 is 0 Å². The summed E-state index contributed by atoms with van der Waals surface area (Å²) in [6.45, 7) is 2.56. The van der Waals surface area contributed by atoms with Crippen molar-refractivity contribution in [2.75, 3.05) is 20.8 Å². The Morgan fingerprint density at radius 2 is 2.26 bits per heavy atom. The number of thiocarbonyl (C=S) groups is 1. The number of rotatable bonds is 6. The Kier molecular flexibility index (Phi) is 6.84. The summed E-state index contributed by atoms with van der Waals surface area (Å²) in [6, 6.07) is 7.73. The van der Waals surface area contributed by atoms with Crippen molar-refractivity contribution in [3.8, 4) is 5.75 Å². The lowest BCUT2D eigenvalue weighted by molar-refractivity contribution is 0.179. The van der Waals surface area contributed by atoms with Crippen LogP contribution in [-0.2, 0) is 4.74 Å². The van der Waals surface area contributed by atoms with E-state index in [9.17, 15) is 0 Å². The third-order valence-electron chi connectivity index (χ3n) is 2.27. The summed E-state index contributed by atoms with van der Waals surface area (Å²) in [4.78, 5) is 0. The van der Waals surface area contributed by atoms with Gasteiger partial charge in [0, 0.05) is 13.2 Å². The van der Waals surface area contributed by atoms with Crippen LogP contribution in [0.1, 0.15) is 12.5 Å². The Balaban J connectivity index is 2.42. The third kappa shape index (κ3) is 6.17. The van der Waals surface area contributed by atoms with Gasteiger partial charge in [-0.3, -0.25) is 5.43 Å². The molecule has 0 aliphatic rings.